The summed E-state index contributed by atoms with van der Waals surface area (Å²) in [6, 6.07) is 11.3. The zero-order valence-corrected chi connectivity index (χ0v) is 15.0. The van der Waals surface area contributed by atoms with Crippen LogP contribution in [0, 0.1) is 0 Å². The highest BCUT2D eigenvalue weighted by molar-refractivity contribution is 6.30. The molecule has 0 fully saturated rings. The lowest BCUT2D eigenvalue weighted by Crippen LogP contribution is -2.35. The molecule has 2 rings (SSSR count). The van der Waals surface area contributed by atoms with E-state index in [4.69, 9.17) is 11.6 Å². The molecule has 0 radical (unpaired) electrons. The second-order valence-electron chi connectivity index (χ2n) is 5.77. The molecule has 132 valence electrons. The molecule has 5 nitrogen and oxygen atoms in total. The number of aromatic nitrogens is 1. The minimum Gasteiger partial charge on any atom is -0.352 e. The van der Waals surface area contributed by atoms with Crippen molar-refractivity contribution < 1.29 is 9.59 Å². The Morgan fingerprint density at radius 1 is 1.16 bits per heavy atom. The number of benzene rings is 1. The molecule has 0 aliphatic heterocycles. The van der Waals surface area contributed by atoms with Crippen molar-refractivity contribution in [2.24, 2.45) is 0 Å². The minimum absolute atomic E-state index is 0.0397. The Bertz CT molecular complexity index is 707. The summed E-state index contributed by atoms with van der Waals surface area (Å²) in [4.78, 5) is 29.5. The highest BCUT2D eigenvalue weighted by atomic mass is 35.5. The van der Waals surface area contributed by atoms with Crippen LogP contribution in [0.15, 0.2) is 48.8 Å². The summed E-state index contributed by atoms with van der Waals surface area (Å²) in [5.41, 5.74) is 2.01. The van der Waals surface area contributed by atoms with Crippen LogP contribution in [0.1, 0.15) is 24.5 Å². The zero-order chi connectivity index (χ0) is 18.1. The normalized spacial score (nSPS) is 10.3. The minimum atomic E-state index is -0.0853. The maximum atomic E-state index is 12.0. The van der Waals surface area contributed by atoms with E-state index >= 15 is 0 Å². The zero-order valence-electron chi connectivity index (χ0n) is 14.2. The van der Waals surface area contributed by atoms with Gasteiger partial charge in [-0.15, -0.1) is 0 Å². The van der Waals surface area contributed by atoms with Crippen LogP contribution in [0.25, 0.3) is 0 Å². The summed E-state index contributed by atoms with van der Waals surface area (Å²) >= 11 is 5.97. The van der Waals surface area contributed by atoms with Crippen LogP contribution in [0.4, 0.5) is 0 Å². The number of amides is 2. The standard InChI is InChI=1S/C19H22ClN3O2/c1-15(24)23(10-7-16-4-2-6-18(20)12-16)11-8-19(25)22-14-17-5-3-9-21-13-17/h2-6,9,12-13H,7-8,10-11,14H2,1H3,(H,22,25). The van der Waals surface area contributed by atoms with E-state index in [1.807, 2.05) is 36.4 Å². The fraction of sp³-hybridized carbons (Fsp3) is 0.316. The third-order valence-corrected chi connectivity index (χ3v) is 4.06. The number of carbonyl (C=O) groups is 2. The molecule has 0 bridgehead atoms. The monoisotopic (exact) mass is 359 g/mol. The summed E-state index contributed by atoms with van der Waals surface area (Å²) in [6.07, 6.45) is 4.38. The maximum absolute atomic E-state index is 12.0. The molecular weight excluding hydrogens is 338 g/mol. The molecule has 1 heterocycles. The lowest BCUT2D eigenvalue weighted by molar-refractivity contribution is -0.129. The Kier molecular flexibility index (Phi) is 7.41. The van der Waals surface area contributed by atoms with Crippen molar-refractivity contribution in [1.82, 2.24) is 15.2 Å². The average Bonchev–Trinajstić information content (AvgIpc) is 2.60. The summed E-state index contributed by atoms with van der Waals surface area (Å²) in [7, 11) is 0. The molecular formula is C19H22ClN3O2. The fourth-order valence-corrected chi connectivity index (χ4v) is 2.62. The van der Waals surface area contributed by atoms with Crippen LogP contribution in [-0.4, -0.2) is 34.8 Å². The van der Waals surface area contributed by atoms with Crippen LogP contribution in [0.5, 0.6) is 0 Å². The van der Waals surface area contributed by atoms with E-state index in [0.717, 1.165) is 11.1 Å². The molecule has 0 aliphatic rings. The van der Waals surface area contributed by atoms with Gasteiger partial charge in [0.1, 0.15) is 0 Å². The molecule has 1 aromatic heterocycles. The summed E-state index contributed by atoms with van der Waals surface area (Å²) in [5, 5.41) is 3.52. The molecule has 2 aromatic rings. The number of hydrogen-bond acceptors (Lipinski definition) is 3. The number of hydrogen-bond donors (Lipinski definition) is 1. The molecule has 0 saturated carbocycles. The highest BCUT2D eigenvalue weighted by Crippen LogP contribution is 2.11. The lowest BCUT2D eigenvalue weighted by Gasteiger charge is -2.21. The van der Waals surface area contributed by atoms with Crippen molar-refractivity contribution in [2.45, 2.75) is 26.3 Å². The number of pyridine rings is 1. The first kappa shape index (κ1) is 18.9. The first-order valence-electron chi connectivity index (χ1n) is 8.20. The topological polar surface area (TPSA) is 62.3 Å². The van der Waals surface area contributed by atoms with Gasteiger partial charge in [-0.25, -0.2) is 0 Å². The van der Waals surface area contributed by atoms with Crippen LogP contribution in [0.2, 0.25) is 5.02 Å². The predicted molar refractivity (Wildman–Crippen MR) is 98.1 cm³/mol. The van der Waals surface area contributed by atoms with Crippen LogP contribution in [0.3, 0.4) is 0 Å². The molecule has 1 N–H and O–H groups in total. The second-order valence-corrected chi connectivity index (χ2v) is 6.21. The number of nitrogens with zero attached hydrogens (tertiary/aromatic N) is 2. The average molecular weight is 360 g/mol. The molecule has 1 aromatic carbocycles. The number of halogens is 1. The van der Waals surface area contributed by atoms with E-state index in [1.165, 1.54) is 6.92 Å². The van der Waals surface area contributed by atoms with Crippen molar-refractivity contribution in [1.29, 1.82) is 0 Å². The van der Waals surface area contributed by atoms with Crippen LogP contribution in [-0.2, 0) is 22.6 Å². The van der Waals surface area contributed by atoms with Gasteiger partial charge in [0, 0.05) is 50.4 Å². The molecule has 0 atom stereocenters. The van der Waals surface area contributed by atoms with Gasteiger partial charge in [0.05, 0.1) is 0 Å². The van der Waals surface area contributed by atoms with Gasteiger partial charge in [-0.05, 0) is 35.7 Å². The number of nitrogens with one attached hydrogen (secondary N) is 1. The van der Waals surface area contributed by atoms with Crippen molar-refractivity contribution in [2.75, 3.05) is 13.1 Å². The van der Waals surface area contributed by atoms with Gasteiger partial charge in [0.15, 0.2) is 0 Å². The Labute approximate surface area is 153 Å². The largest absolute Gasteiger partial charge is 0.352 e. The maximum Gasteiger partial charge on any atom is 0.222 e. The molecule has 0 unspecified atom stereocenters. The van der Waals surface area contributed by atoms with E-state index in [1.54, 1.807) is 17.3 Å². The Morgan fingerprint density at radius 2 is 1.96 bits per heavy atom. The van der Waals surface area contributed by atoms with Gasteiger partial charge in [-0.1, -0.05) is 29.8 Å². The first-order valence-corrected chi connectivity index (χ1v) is 8.58. The van der Waals surface area contributed by atoms with Crippen LogP contribution >= 0.6 is 11.6 Å². The number of rotatable bonds is 8. The van der Waals surface area contributed by atoms with Gasteiger partial charge in [-0.3, -0.25) is 14.6 Å². The van der Waals surface area contributed by atoms with E-state index in [-0.39, 0.29) is 18.2 Å². The second kappa shape index (κ2) is 9.79. The van der Waals surface area contributed by atoms with Crippen molar-refractivity contribution in [3.63, 3.8) is 0 Å². The lowest BCUT2D eigenvalue weighted by atomic mass is 10.1. The van der Waals surface area contributed by atoms with Gasteiger partial charge in [0.25, 0.3) is 0 Å². The van der Waals surface area contributed by atoms with E-state index in [2.05, 4.69) is 10.3 Å². The predicted octanol–water partition coefficient (Wildman–Crippen LogP) is 2.83. The Morgan fingerprint density at radius 3 is 2.64 bits per heavy atom. The summed E-state index contributed by atoms with van der Waals surface area (Å²) in [6.45, 7) is 2.92. The fourth-order valence-electron chi connectivity index (χ4n) is 2.41. The van der Waals surface area contributed by atoms with E-state index < -0.39 is 0 Å². The van der Waals surface area contributed by atoms with Gasteiger partial charge in [-0.2, -0.15) is 0 Å². The van der Waals surface area contributed by atoms with Crippen molar-refractivity contribution in [3.8, 4) is 0 Å². The quantitative estimate of drug-likeness (QED) is 0.788. The van der Waals surface area contributed by atoms with Gasteiger partial charge in [0.2, 0.25) is 11.8 Å². The number of carbonyl (C=O) groups excluding carboxylic acids is 2. The molecule has 25 heavy (non-hydrogen) atoms. The highest BCUT2D eigenvalue weighted by Gasteiger charge is 2.11. The first-order chi connectivity index (χ1) is 12.0. The summed E-state index contributed by atoms with van der Waals surface area (Å²) < 4.78 is 0. The van der Waals surface area contributed by atoms with E-state index in [9.17, 15) is 9.59 Å². The Hall–Kier alpha value is -2.40. The van der Waals surface area contributed by atoms with Gasteiger partial charge >= 0.3 is 0 Å². The molecule has 0 aliphatic carbocycles. The third kappa shape index (κ3) is 6.93. The molecule has 0 spiro atoms. The molecule has 6 heteroatoms. The van der Waals surface area contributed by atoms with E-state index in [0.29, 0.717) is 31.1 Å². The van der Waals surface area contributed by atoms with Gasteiger partial charge < -0.3 is 10.2 Å². The van der Waals surface area contributed by atoms with Crippen LogP contribution < -0.4 is 5.32 Å². The summed E-state index contributed by atoms with van der Waals surface area (Å²) in [5.74, 6) is -0.125. The third-order valence-electron chi connectivity index (χ3n) is 3.83. The van der Waals surface area contributed by atoms with Crippen molar-refractivity contribution in [3.05, 3.63) is 64.9 Å². The molecule has 2 amide bonds. The van der Waals surface area contributed by atoms with Crippen molar-refractivity contribution >= 4 is 23.4 Å². The molecule has 0 saturated heterocycles. The SMILES string of the molecule is CC(=O)N(CCC(=O)NCc1cccnc1)CCc1cccc(Cl)c1. The smallest absolute Gasteiger partial charge is 0.222 e. The Balaban J connectivity index is 1.76.